The van der Waals surface area contributed by atoms with Gasteiger partial charge >= 0.3 is 0 Å². The molecule has 0 aliphatic rings. The molecular formula is C22H15ClN2OS. The van der Waals surface area contributed by atoms with E-state index in [-0.39, 0.29) is 5.91 Å². The van der Waals surface area contributed by atoms with Gasteiger partial charge in [-0.2, -0.15) is 4.99 Å². The number of benzene rings is 3. The van der Waals surface area contributed by atoms with Crippen LogP contribution in [0.4, 0.5) is 0 Å². The predicted molar refractivity (Wildman–Crippen MR) is 110 cm³/mol. The Morgan fingerprint density at radius 1 is 0.889 bits per heavy atom. The molecule has 0 aliphatic heterocycles. The molecule has 1 aromatic heterocycles. The molecule has 0 atom stereocenters. The third-order valence-corrected chi connectivity index (χ3v) is 5.12. The van der Waals surface area contributed by atoms with Crippen molar-refractivity contribution in [3.05, 3.63) is 106 Å². The number of nitrogens with zero attached hydrogens (tertiary/aromatic N) is 2. The van der Waals surface area contributed by atoms with Gasteiger partial charge in [0.1, 0.15) is 0 Å². The highest BCUT2D eigenvalue weighted by Gasteiger charge is 2.12. The summed E-state index contributed by atoms with van der Waals surface area (Å²) in [6.07, 6.45) is 0. The molecule has 3 nitrogen and oxygen atoms in total. The Bertz CT molecular complexity index is 1150. The number of amides is 1. The molecule has 3 aromatic carbocycles. The number of carbonyl (C=O) groups excluding carboxylic acids is 1. The molecule has 1 heterocycles. The van der Waals surface area contributed by atoms with Crippen LogP contribution in [-0.4, -0.2) is 10.5 Å². The van der Waals surface area contributed by atoms with E-state index in [4.69, 9.17) is 11.6 Å². The van der Waals surface area contributed by atoms with Crippen LogP contribution in [0.25, 0.3) is 16.9 Å². The van der Waals surface area contributed by atoms with Gasteiger partial charge in [0.05, 0.1) is 5.69 Å². The zero-order valence-electron chi connectivity index (χ0n) is 14.2. The summed E-state index contributed by atoms with van der Waals surface area (Å²) in [4.78, 5) is 17.7. The van der Waals surface area contributed by atoms with Crippen LogP contribution < -0.4 is 4.80 Å². The van der Waals surface area contributed by atoms with Crippen molar-refractivity contribution in [3.8, 4) is 16.9 Å². The van der Waals surface area contributed by atoms with E-state index in [1.54, 1.807) is 24.3 Å². The Balaban J connectivity index is 1.89. The van der Waals surface area contributed by atoms with Gasteiger partial charge in [0.2, 0.25) is 0 Å². The van der Waals surface area contributed by atoms with E-state index >= 15 is 0 Å². The maximum absolute atomic E-state index is 12.7. The molecule has 0 spiro atoms. The van der Waals surface area contributed by atoms with Crippen LogP contribution in [0.15, 0.2) is 95.3 Å². The lowest BCUT2D eigenvalue weighted by Gasteiger charge is -2.09. The van der Waals surface area contributed by atoms with Gasteiger partial charge in [0, 0.05) is 21.7 Å². The van der Waals surface area contributed by atoms with Gasteiger partial charge in [-0.25, -0.2) is 0 Å². The van der Waals surface area contributed by atoms with Gasteiger partial charge in [-0.15, -0.1) is 11.3 Å². The van der Waals surface area contributed by atoms with E-state index < -0.39 is 0 Å². The zero-order chi connectivity index (χ0) is 18.6. The molecule has 0 bridgehead atoms. The van der Waals surface area contributed by atoms with Crippen molar-refractivity contribution < 1.29 is 4.79 Å². The van der Waals surface area contributed by atoms with E-state index in [2.05, 4.69) is 4.99 Å². The second-order valence-electron chi connectivity index (χ2n) is 5.87. The normalized spacial score (nSPS) is 11.5. The summed E-state index contributed by atoms with van der Waals surface area (Å²) in [5.74, 6) is -0.316. The number of aromatic nitrogens is 1. The summed E-state index contributed by atoms with van der Waals surface area (Å²) in [6.45, 7) is 0. The topological polar surface area (TPSA) is 34.4 Å². The summed E-state index contributed by atoms with van der Waals surface area (Å²) in [6, 6.07) is 26.8. The monoisotopic (exact) mass is 390 g/mol. The maximum atomic E-state index is 12.7. The second kappa shape index (κ2) is 7.74. The van der Waals surface area contributed by atoms with Gasteiger partial charge in [-0.1, -0.05) is 66.2 Å². The predicted octanol–water partition coefficient (Wildman–Crippen LogP) is 5.60. The number of hydrogen-bond donors (Lipinski definition) is 0. The molecule has 5 heteroatoms. The molecule has 0 unspecified atom stereocenters. The van der Waals surface area contributed by atoms with Crippen molar-refractivity contribution in [2.45, 2.75) is 0 Å². The fourth-order valence-electron chi connectivity index (χ4n) is 2.80. The molecule has 0 saturated heterocycles. The highest BCUT2D eigenvalue weighted by atomic mass is 35.5. The Morgan fingerprint density at radius 2 is 1.59 bits per heavy atom. The Morgan fingerprint density at radius 3 is 2.30 bits per heavy atom. The summed E-state index contributed by atoms with van der Waals surface area (Å²) < 4.78 is 2.00. The van der Waals surface area contributed by atoms with Crippen LogP contribution in [0, 0.1) is 0 Å². The maximum Gasteiger partial charge on any atom is 0.279 e. The Hall–Kier alpha value is -2.95. The van der Waals surface area contributed by atoms with Gasteiger partial charge in [-0.3, -0.25) is 9.36 Å². The number of hydrogen-bond acceptors (Lipinski definition) is 2. The zero-order valence-corrected chi connectivity index (χ0v) is 15.8. The minimum absolute atomic E-state index is 0.316. The molecule has 0 fully saturated rings. The van der Waals surface area contributed by atoms with Crippen LogP contribution in [0.2, 0.25) is 5.02 Å². The van der Waals surface area contributed by atoms with Crippen LogP contribution >= 0.6 is 22.9 Å². The lowest BCUT2D eigenvalue weighted by molar-refractivity contribution is 0.0998. The fraction of sp³-hybridized carbons (Fsp3) is 0. The largest absolute Gasteiger partial charge is 0.285 e. The lowest BCUT2D eigenvalue weighted by Crippen LogP contribution is -2.16. The molecule has 4 rings (SSSR count). The van der Waals surface area contributed by atoms with Crippen LogP contribution in [0.1, 0.15) is 10.4 Å². The third kappa shape index (κ3) is 3.77. The quantitative estimate of drug-likeness (QED) is 0.448. The minimum Gasteiger partial charge on any atom is -0.285 e. The molecule has 27 heavy (non-hydrogen) atoms. The number of para-hydroxylation sites is 1. The summed E-state index contributed by atoms with van der Waals surface area (Å²) in [5.41, 5.74) is 3.48. The molecular weight excluding hydrogens is 376 g/mol. The van der Waals surface area contributed by atoms with E-state index in [0.29, 0.717) is 15.4 Å². The van der Waals surface area contributed by atoms with Gasteiger partial charge in [-0.05, 0) is 35.9 Å². The second-order valence-corrected chi connectivity index (χ2v) is 7.14. The molecule has 132 valence electrons. The number of rotatable bonds is 3. The number of thiazole rings is 1. The summed E-state index contributed by atoms with van der Waals surface area (Å²) >= 11 is 7.44. The van der Waals surface area contributed by atoms with Crippen molar-refractivity contribution >= 4 is 28.8 Å². The molecule has 0 saturated carbocycles. The van der Waals surface area contributed by atoms with Crippen molar-refractivity contribution in [2.24, 2.45) is 4.99 Å². The van der Waals surface area contributed by atoms with E-state index in [9.17, 15) is 4.79 Å². The molecule has 1 amide bonds. The Kier molecular flexibility index (Phi) is 5.01. The standard InChI is InChI=1S/C22H15ClN2OS/c23-18-11-7-10-17(14-18)21(26)24-22-25(19-12-5-2-6-13-19)20(15-27-22)16-8-3-1-4-9-16/h1-15H. The van der Waals surface area contributed by atoms with Crippen molar-refractivity contribution in [2.75, 3.05) is 0 Å². The first kappa shape index (κ1) is 17.5. The van der Waals surface area contributed by atoms with Crippen LogP contribution in [0.5, 0.6) is 0 Å². The first-order valence-electron chi connectivity index (χ1n) is 8.38. The van der Waals surface area contributed by atoms with Crippen LogP contribution in [0.3, 0.4) is 0 Å². The van der Waals surface area contributed by atoms with Crippen LogP contribution in [-0.2, 0) is 0 Å². The molecule has 0 N–H and O–H groups in total. The first-order valence-corrected chi connectivity index (χ1v) is 9.64. The average molecular weight is 391 g/mol. The molecule has 0 radical (unpaired) electrons. The molecule has 0 aliphatic carbocycles. The molecule has 4 aromatic rings. The van der Waals surface area contributed by atoms with Crippen molar-refractivity contribution in [1.82, 2.24) is 4.57 Å². The fourth-order valence-corrected chi connectivity index (χ4v) is 3.89. The van der Waals surface area contributed by atoms with Gasteiger partial charge in [0.15, 0.2) is 4.80 Å². The van der Waals surface area contributed by atoms with E-state index in [1.165, 1.54) is 11.3 Å². The number of carbonyl (C=O) groups is 1. The average Bonchev–Trinajstić information content (AvgIpc) is 3.13. The van der Waals surface area contributed by atoms with Crippen molar-refractivity contribution in [1.29, 1.82) is 0 Å². The highest BCUT2D eigenvalue weighted by molar-refractivity contribution is 7.07. The van der Waals surface area contributed by atoms with Crippen molar-refractivity contribution in [3.63, 3.8) is 0 Å². The van der Waals surface area contributed by atoms with Gasteiger partial charge < -0.3 is 0 Å². The lowest BCUT2D eigenvalue weighted by atomic mass is 10.1. The Labute approximate surface area is 165 Å². The van der Waals surface area contributed by atoms with Gasteiger partial charge in [0.25, 0.3) is 5.91 Å². The SMILES string of the molecule is O=C(N=c1scc(-c2ccccc2)n1-c1ccccc1)c1cccc(Cl)c1. The summed E-state index contributed by atoms with van der Waals surface area (Å²) in [7, 11) is 0. The third-order valence-electron chi connectivity index (χ3n) is 4.06. The van der Waals surface area contributed by atoms with E-state index in [0.717, 1.165) is 16.9 Å². The van der Waals surface area contributed by atoms with E-state index in [1.807, 2.05) is 70.6 Å². The minimum atomic E-state index is -0.316. The smallest absolute Gasteiger partial charge is 0.279 e. The highest BCUT2D eigenvalue weighted by Crippen LogP contribution is 2.23. The number of halogens is 1. The first-order chi connectivity index (χ1) is 13.2. The summed E-state index contributed by atoms with van der Waals surface area (Å²) in [5, 5.41) is 2.54.